The smallest absolute Gasteiger partial charge is 0.269 e. The van der Waals surface area contributed by atoms with Gasteiger partial charge < -0.3 is 19.2 Å². The standard InChI is InChI=1S/C18H12Cl2N2O4/c19-13-5-3-12(4-6-13)17-21-18(26-22-17)15(20)9-11-1-7-14(8-2-11)25-10-16(23)24/h1-9H,10H2,(H,23,24)/p-1/b15-9-. The molecule has 0 amide bonds. The number of carboxylic acids is 1. The number of rotatable bonds is 6. The molecule has 0 radical (unpaired) electrons. The Morgan fingerprint density at radius 3 is 2.50 bits per heavy atom. The Labute approximate surface area is 158 Å². The van der Waals surface area contributed by atoms with E-state index in [4.69, 9.17) is 32.5 Å². The summed E-state index contributed by atoms with van der Waals surface area (Å²) in [4.78, 5) is 14.6. The summed E-state index contributed by atoms with van der Waals surface area (Å²) in [6.45, 7) is -0.509. The van der Waals surface area contributed by atoms with Crippen molar-refractivity contribution in [1.82, 2.24) is 10.1 Å². The van der Waals surface area contributed by atoms with Gasteiger partial charge in [-0.2, -0.15) is 4.98 Å². The van der Waals surface area contributed by atoms with Crippen LogP contribution in [-0.2, 0) is 4.79 Å². The van der Waals surface area contributed by atoms with Crippen molar-refractivity contribution in [1.29, 1.82) is 0 Å². The van der Waals surface area contributed by atoms with Gasteiger partial charge in [0, 0.05) is 10.6 Å². The number of aliphatic carboxylic acids is 1. The minimum Gasteiger partial charge on any atom is -0.546 e. The van der Waals surface area contributed by atoms with Crippen LogP contribution in [0, 0.1) is 0 Å². The number of carboxylic acid groups (broad SMARTS) is 1. The molecule has 2 aromatic carbocycles. The highest BCUT2D eigenvalue weighted by Gasteiger charge is 2.11. The number of hydrogen-bond donors (Lipinski definition) is 0. The molecule has 0 saturated heterocycles. The van der Waals surface area contributed by atoms with Crippen molar-refractivity contribution >= 4 is 40.3 Å². The summed E-state index contributed by atoms with van der Waals surface area (Å²) in [5.41, 5.74) is 1.50. The average Bonchev–Trinajstić information content (AvgIpc) is 3.12. The molecular formula is C18H11Cl2N2O4-. The molecule has 26 heavy (non-hydrogen) atoms. The van der Waals surface area contributed by atoms with Gasteiger partial charge >= 0.3 is 0 Å². The maximum absolute atomic E-state index is 10.4. The number of nitrogens with zero attached hydrogens (tertiary/aromatic N) is 2. The van der Waals surface area contributed by atoms with Crippen LogP contribution in [0.25, 0.3) is 22.5 Å². The maximum Gasteiger partial charge on any atom is 0.269 e. The SMILES string of the molecule is O=C([O-])COc1ccc(/C=C(\Cl)c2nc(-c3ccc(Cl)cc3)no2)cc1. The number of halogens is 2. The van der Waals surface area contributed by atoms with Gasteiger partial charge in [-0.3, -0.25) is 0 Å². The number of benzene rings is 2. The number of ether oxygens (including phenoxy) is 1. The van der Waals surface area contributed by atoms with Gasteiger partial charge in [0.1, 0.15) is 17.4 Å². The fourth-order valence-corrected chi connectivity index (χ4v) is 2.38. The first kappa shape index (κ1) is 18.0. The van der Waals surface area contributed by atoms with Crippen LogP contribution in [0.3, 0.4) is 0 Å². The lowest BCUT2D eigenvalue weighted by molar-refractivity contribution is -0.307. The van der Waals surface area contributed by atoms with Crippen LogP contribution in [0.5, 0.6) is 5.75 Å². The number of hydrogen-bond acceptors (Lipinski definition) is 6. The zero-order chi connectivity index (χ0) is 18.5. The fourth-order valence-electron chi connectivity index (χ4n) is 2.05. The molecule has 1 heterocycles. The average molecular weight is 390 g/mol. The van der Waals surface area contributed by atoms with E-state index in [-0.39, 0.29) is 10.9 Å². The van der Waals surface area contributed by atoms with E-state index in [1.54, 1.807) is 54.6 Å². The third-order valence-electron chi connectivity index (χ3n) is 3.26. The lowest BCUT2D eigenvalue weighted by Gasteiger charge is -2.06. The van der Waals surface area contributed by atoms with E-state index < -0.39 is 12.6 Å². The van der Waals surface area contributed by atoms with Crippen LogP contribution in [-0.4, -0.2) is 22.7 Å². The fraction of sp³-hybridized carbons (Fsp3) is 0.0556. The second kappa shape index (κ2) is 8.03. The van der Waals surface area contributed by atoms with Crippen molar-refractivity contribution in [2.75, 3.05) is 6.61 Å². The zero-order valence-corrected chi connectivity index (χ0v) is 14.7. The summed E-state index contributed by atoms with van der Waals surface area (Å²) in [6, 6.07) is 13.7. The van der Waals surface area contributed by atoms with Gasteiger partial charge in [0.05, 0.1) is 5.97 Å². The Hall–Kier alpha value is -2.83. The van der Waals surface area contributed by atoms with Gasteiger partial charge in [-0.15, -0.1) is 0 Å². The molecule has 0 aliphatic heterocycles. The molecule has 0 aliphatic carbocycles. The first-order valence-corrected chi connectivity index (χ1v) is 8.17. The summed E-state index contributed by atoms with van der Waals surface area (Å²) < 4.78 is 10.2. The van der Waals surface area contributed by atoms with Crippen molar-refractivity contribution < 1.29 is 19.2 Å². The number of aromatic nitrogens is 2. The highest BCUT2D eigenvalue weighted by molar-refractivity contribution is 6.50. The molecule has 0 atom stereocenters. The lowest BCUT2D eigenvalue weighted by atomic mass is 10.2. The second-order valence-corrected chi connectivity index (χ2v) is 6.00. The molecule has 6 nitrogen and oxygen atoms in total. The number of carbonyl (C=O) groups is 1. The van der Waals surface area contributed by atoms with E-state index in [1.807, 2.05) is 0 Å². The minimum atomic E-state index is -1.29. The zero-order valence-electron chi connectivity index (χ0n) is 13.2. The van der Waals surface area contributed by atoms with Crippen LogP contribution < -0.4 is 9.84 Å². The van der Waals surface area contributed by atoms with Gasteiger partial charge in [-0.05, 0) is 48.0 Å². The summed E-state index contributed by atoms with van der Waals surface area (Å²) >= 11 is 12.1. The highest BCUT2D eigenvalue weighted by atomic mass is 35.5. The monoisotopic (exact) mass is 389 g/mol. The van der Waals surface area contributed by atoms with Crippen LogP contribution in [0.15, 0.2) is 53.1 Å². The van der Waals surface area contributed by atoms with Gasteiger partial charge in [-0.25, -0.2) is 0 Å². The predicted molar refractivity (Wildman–Crippen MR) is 95.4 cm³/mol. The third-order valence-corrected chi connectivity index (χ3v) is 3.79. The molecule has 0 N–H and O–H groups in total. The minimum absolute atomic E-state index is 0.175. The first-order valence-electron chi connectivity index (χ1n) is 7.41. The molecule has 0 bridgehead atoms. The third kappa shape index (κ3) is 4.62. The molecule has 0 unspecified atom stereocenters. The van der Waals surface area contributed by atoms with Crippen molar-refractivity contribution in [3.8, 4) is 17.1 Å². The van der Waals surface area contributed by atoms with Gasteiger partial charge in [-0.1, -0.05) is 40.5 Å². The predicted octanol–water partition coefficient (Wildman–Crippen LogP) is 3.26. The first-order chi connectivity index (χ1) is 12.5. The summed E-state index contributed by atoms with van der Waals surface area (Å²) in [6.07, 6.45) is 1.64. The van der Waals surface area contributed by atoms with Gasteiger partial charge in [0.15, 0.2) is 0 Å². The Morgan fingerprint density at radius 1 is 1.15 bits per heavy atom. The Kier molecular flexibility index (Phi) is 5.55. The van der Waals surface area contributed by atoms with Crippen molar-refractivity contribution in [2.45, 2.75) is 0 Å². The molecule has 3 aromatic rings. The van der Waals surface area contributed by atoms with Gasteiger partial charge in [0.25, 0.3) is 5.89 Å². The van der Waals surface area contributed by atoms with Crippen molar-refractivity contribution in [3.05, 3.63) is 65.0 Å². The van der Waals surface area contributed by atoms with Crippen LogP contribution in [0.4, 0.5) is 0 Å². The Bertz CT molecular complexity index is 935. The molecule has 3 rings (SSSR count). The maximum atomic E-state index is 10.4. The summed E-state index contributed by atoms with van der Waals surface area (Å²) in [5.74, 6) is -0.307. The molecule has 132 valence electrons. The van der Waals surface area contributed by atoms with E-state index in [0.29, 0.717) is 16.6 Å². The molecule has 0 fully saturated rings. The molecule has 0 saturated carbocycles. The van der Waals surface area contributed by atoms with E-state index >= 15 is 0 Å². The van der Waals surface area contributed by atoms with E-state index in [2.05, 4.69) is 10.1 Å². The van der Waals surface area contributed by atoms with Crippen LogP contribution in [0.1, 0.15) is 11.5 Å². The van der Waals surface area contributed by atoms with E-state index in [1.165, 1.54) is 0 Å². The van der Waals surface area contributed by atoms with Gasteiger partial charge in [0.2, 0.25) is 5.82 Å². The summed E-state index contributed by atoms with van der Waals surface area (Å²) in [5, 5.41) is 15.1. The molecule has 8 heteroatoms. The highest BCUT2D eigenvalue weighted by Crippen LogP contribution is 2.25. The quantitative estimate of drug-likeness (QED) is 0.642. The van der Waals surface area contributed by atoms with Crippen LogP contribution >= 0.6 is 23.2 Å². The topological polar surface area (TPSA) is 88.3 Å². The second-order valence-electron chi connectivity index (χ2n) is 5.15. The van der Waals surface area contributed by atoms with Crippen molar-refractivity contribution in [3.63, 3.8) is 0 Å². The molecule has 0 spiro atoms. The molecular weight excluding hydrogens is 379 g/mol. The normalized spacial score (nSPS) is 11.4. The van der Waals surface area contributed by atoms with Crippen LogP contribution in [0.2, 0.25) is 5.02 Å². The molecule has 0 aliphatic rings. The van der Waals surface area contributed by atoms with Crippen molar-refractivity contribution in [2.24, 2.45) is 0 Å². The summed E-state index contributed by atoms with van der Waals surface area (Å²) in [7, 11) is 0. The van der Waals surface area contributed by atoms with E-state index in [0.717, 1.165) is 11.1 Å². The Morgan fingerprint density at radius 2 is 1.85 bits per heavy atom. The van der Waals surface area contributed by atoms with E-state index in [9.17, 15) is 9.90 Å². The molecule has 1 aromatic heterocycles. The Balaban J connectivity index is 1.73. The lowest BCUT2D eigenvalue weighted by Crippen LogP contribution is -2.28. The largest absolute Gasteiger partial charge is 0.546 e. The number of carbonyl (C=O) groups excluding carboxylic acids is 1.